The zero-order chi connectivity index (χ0) is 18.4. The predicted molar refractivity (Wildman–Crippen MR) is 98.5 cm³/mol. The molecule has 0 spiro atoms. The lowest BCUT2D eigenvalue weighted by Gasteiger charge is -2.09. The van der Waals surface area contributed by atoms with Gasteiger partial charge in [-0.15, -0.1) is 0 Å². The van der Waals surface area contributed by atoms with Gasteiger partial charge < -0.3 is 15.4 Å². The van der Waals surface area contributed by atoms with E-state index in [-0.39, 0.29) is 5.91 Å². The van der Waals surface area contributed by atoms with Gasteiger partial charge in [-0.05, 0) is 55.0 Å². The third kappa shape index (κ3) is 4.54. The molecule has 1 aromatic carbocycles. The molecule has 26 heavy (non-hydrogen) atoms. The molecule has 0 saturated carbocycles. The maximum absolute atomic E-state index is 12.4. The second-order valence-electron chi connectivity index (χ2n) is 5.61. The van der Waals surface area contributed by atoms with Crippen LogP contribution in [0.4, 0.5) is 11.6 Å². The summed E-state index contributed by atoms with van der Waals surface area (Å²) >= 11 is 0. The molecule has 1 amide bonds. The van der Waals surface area contributed by atoms with Crippen LogP contribution in [0.2, 0.25) is 0 Å². The van der Waals surface area contributed by atoms with Crippen LogP contribution in [-0.2, 0) is 6.54 Å². The Morgan fingerprint density at radius 1 is 1.08 bits per heavy atom. The number of pyridine rings is 1. The molecule has 2 aromatic heterocycles. The van der Waals surface area contributed by atoms with Crippen molar-refractivity contribution >= 4 is 17.5 Å². The highest BCUT2D eigenvalue weighted by molar-refractivity contribution is 5.92. The Labute approximate surface area is 151 Å². The smallest absolute Gasteiger partial charge is 0.270 e. The van der Waals surface area contributed by atoms with Crippen molar-refractivity contribution in [3.05, 3.63) is 71.8 Å². The number of aryl methyl sites for hydroxylation is 1. The third-order valence-corrected chi connectivity index (χ3v) is 3.64. The number of hydrogen-bond donors (Lipinski definition) is 2. The number of aromatic nitrogens is 3. The van der Waals surface area contributed by atoms with Gasteiger partial charge in [0.05, 0.1) is 7.11 Å². The Morgan fingerprint density at radius 2 is 1.81 bits per heavy atom. The molecule has 0 saturated heterocycles. The van der Waals surface area contributed by atoms with E-state index in [1.54, 1.807) is 25.6 Å². The van der Waals surface area contributed by atoms with E-state index in [1.807, 2.05) is 43.3 Å². The van der Waals surface area contributed by atoms with Crippen molar-refractivity contribution in [1.82, 2.24) is 20.3 Å². The molecule has 3 aromatic rings. The van der Waals surface area contributed by atoms with Gasteiger partial charge in [0, 0.05) is 30.3 Å². The molecule has 7 heteroatoms. The SMILES string of the molecule is COc1ccc(Nc2nc(C)cc(C(=O)NCc3ccncc3)n2)cc1. The van der Waals surface area contributed by atoms with Gasteiger partial charge in [-0.2, -0.15) is 0 Å². The van der Waals surface area contributed by atoms with Gasteiger partial charge in [0.25, 0.3) is 5.91 Å². The van der Waals surface area contributed by atoms with Crippen LogP contribution in [0, 0.1) is 6.92 Å². The molecular weight excluding hydrogens is 330 g/mol. The van der Waals surface area contributed by atoms with Crippen LogP contribution >= 0.6 is 0 Å². The van der Waals surface area contributed by atoms with Crippen LogP contribution in [0.3, 0.4) is 0 Å². The summed E-state index contributed by atoms with van der Waals surface area (Å²) in [5, 5.41) is 5.95. The Bertz CT molecular complexity index is 882. The number of benzene rings is 1. The van der Waals surface area contributed by atoms with Crippen LogP contribution < -0.4 is 15.4 Å². The van der Waals surface area contributed by atoms with Crippen molar-refractivity contribution < 1.29 is 9.53 Å². The molecule has 0 atom stereocenters. The van der Waals surface area contributed by atoms with Crippen LogP contribution in [0.25, 0.3) is 0 Å². The van der Waals surface area contributed by atoms with E-state index < -0.39 is 0 Å². The lowest BCUT2D eigenvalue weighted by molar-refractivity contribution is 0.0945. The summed E-state index contributed by atoms with van der Waals surface area (Å²) in [4.78, 5) is 25.0. The maximum atomic E-state index is 12.4. The number of ether oxygens (including phenoxy) is 1. The minimum absolute atomic E-state index is 0.259. The number of hydrogen-bond acceptors (Lipinski definition) is 6. The quantitative estimate of drug-likeness (QED) is 0.711. The van der Waals surface area contributed by atoms with Gasteiger partial charge in [-0.3, -0.25) is 9.78 Å². The van der Waals surface area contributed by atoms with Crippen molar-refractivity contribution in [2.24, 2.45) is 0 Å². The normalized spacial score (nSPS) is 10.2. The highest BCUT2D eigenvalue weighted by Crippen LogP contribution is 2.18. The summed E-state index contributed by atoms with van der Waals surface area (Å²) in [5.74, 6) is 0.867. The van der Waals surface area contributed by atoms with Crippen molar-refractivity contribution in [3.8, 4) is 5.75 Å². The van der Waals surface area contributed by atoms with E-state index in [9.17, 15) is 4.79 Å². The summed E-state index contributed by atoms with van der Waals surface area (Å²) in [5.41, 5.74) is 2.78. The van der Waals surface area contributed by atoms with E-state index in [0.29, 0.717) is 23.9 Å². The molecule has 0 fully saturated rings. The van der Waals surface area contributed by atoms with Gasteiger partial charge >= 0.3 is 0 Å². The summed E-state index contributed by atoms with van der Waals surface area (Å²) in [6.45, 7) is 2.23. The second kappa shape index (κ2) is 8.06. The first-order valence-electron chi connectivity index (χ1n) is 8.08. The monoisotopic (exact) mass is 349 g/mol. The fourth-order valence-corrected chi connectivity index (χ4v) is 2.32. The first-order chi connectivity index (χ1) is 12.6. The molecular formula is C19H19N5O2. The molecule has 0 aliphatic heterocycles. The zero-order valence-corrected chi connectivity index (χ0v) is 14.6. The van der Waals surface area contributed by atoms with E-state index in [4.69, 9.17) is 4.74 Å². The van der Waals surface area contributed by atoms with Gasteiger partial charge in [0.2, 0.25) is 5.95 Å². The molecule has 2 heterocycles. The van der Waals surface area contributed by atoms with Crippen LogP contribution in [-0.4, -0.2) is 28.0 Å². The lowest BCUT2D eigenvalue weighted by atomic mass is 10.2. The molecule has 3 rings (SSSR count). The topological polar surface area (TPSA) is 89.0 Å². The number of anilines is 2. The molecule has 0 aliphatic rings. The summed E-state index contributed by atoms with van der Waals surface area (Å²) in [7, 11) is 1.61. The number of carbonyl (C=O) groups excluding carboxylic acids is 1. The van der Waals surface area contributed by atoms with E-state index in [1.165, 1.54) is 0 Å². The fourth-order valence-electron chi connectivity index (χ4n) is 2.32. The van der Waals surface area contributed by atoms with Crippen molar-refractivity contribution in [3.63, 3.8) is 0 Å². The number of nitrogens with zero attached hydrogens (tertiary/aromatic N) is 3. The van der Waals surface area contributed by atoms with E-state index in [0.717, 1.165) is 17.0 Å². The molecule has 7 nitrogen and oxygen atoms in total. The molecule has 0 aliphatic carbocycles. The van der Waals surface area contributed by atoms with Crippen LogP contribution in [0.15, 0.2) is 54.9 Å². The Balaban J connectivity index is 1.70. The molecule has 0 unspecified atom stereocenters. The minimum atomic E-state index is -0.259. The van der Waals surface area contributed by atoms with E-state index >= 15 is 0 Å². The van der Waals surface area contributed by atoms with Gasteiger partial charge in [-0.1, -0.05) is 0 Å². The summed E-state index contributed by atoms with van der Waals surface area (Å²) < 4.78 is 5.14. The molecule has 0 radical (unpaired) electrons. The number of rotatable bonds is 6. The molecule has 132 valence electrons. The van der Waals surface area contributed by atoms with Gasteiger partial charge in [-0.25, -0.2) is 9.97 Å². The van der Waals surface area contributed by atoms with Crippen molar-refractivity contribution in [1.29, 1.82) is 0 Å². The minimum Gasteiger partial charge on any atom is -0.497 e. The highest BCUT2D eigenvalue weighted by atomic mass is 16.5. The number of methoxy groups -OCH3 is 1. The second-order valence-corrected chi connectivity index (χ2v) is 5.61. The standard InChI is InChI=1S/C19H19N5O2/c1-13-11-17(18(25)21-12-14-7-9-20-10-8-14)24-19(22-13)23-15-3-5-16(26-2)6-4-15/h3-11H,12H2,1-2H3,(H,21,25)(H,22,23,24). The molecule has 0 bridgehead atoms. The number of carbonyl (C=O) groups is 1. The Morgan fingerprint density at radius 3 is 2.50 bits per heavy atom. The van der Waals surface area contributed by atoms with Gasteiger partial charge in [0.1, 0.15) is 11.4 Å². The number of nitrogens with one attached hydrogen (secondary N) is 2. The largest absolute Gasteiger partial charge is 0.497 e. The Kier molecular flexibility index (Phi) is 5.38. The third-order valence-electron chi connectivity index (χ3n) is 3.64. The van der Waals surface area contributed by atoms with E-state index in [2.05, 4.69) is 25.6 Å². The summed E-state index contributed by atoms with van der Waals surface area (Å²) in [6.07, 6.45) is 3.38. The molecule has 2 N–H and O–H groups in total. The van der Waals surface area contributed by atoms with Gasteiger partial charge in [0.15, 0.2) is 0 Å². The lowest BCUT2D eigenvalue weighted by Crippen LogP contribution is -2.24. The van der Waals surface area contributed by atoms with Crippen LogP contribution in [0.1, 0.15) is 21.7 Å². The fraction of sp³-hybridized carbons (Fsp3) is 0.158. The predicted octanol–water partition coefficient (Wildman–Crippen LogP) is 2.86. The Hall–Kier alpha value is -3.48. The van der Waals surface area contributed by atoms with Crippen LogP contribution in [0.5, 0.6) is 5.75 Å². The zero-order valence-electron chi connectivity index (χ0n) is 14.6. The first-order valence-corrected chi connectivity index (χ1v) is 8.08. The first kappa shape index (κ1) is 17.3. The summed E-state index contributed by atoms with van der Waals surface area (Å²) in [6, 6.07) is 12.7. The highest BCUT2D eigenvalue weighted by Gasteiger charge is 2.11. The number of amides is 1. The van der Waals surface area contributed by atoms with Crippen molar-refractivity contribution in [2.75, 3.05) is 12.4 Å². The van der Waals surface area contributed by atoms with Crippen molar-refractivity contribution in [2.45, 2.75) is 13.5 Å². The maximum Gasteiger partial charge on any atom is 0.270 e. The average molecular weight is 349 g/mol. The average Bonchev–Trinajstić information content (AvgIpc) is 2.67.